The van der Waals surface area contributed by atoms with Crippen molar-refractivity contribution >= 4 is 11.9 Å². The largest absolute Gasteiger partial charge is 0.469 e. The molecule has 1 N–H and O–H groups in total. The van der Waals surface area contributed by atoms with E-state index in [9.17, 15) is 9.59 Å². The lowest BCUT2D eigenvalue weighted by molar-refractivity contribution is -0.141. The number of carbonyl (C=O) groups excluding carboxylic acids is 2. The minimum atomic E-state index is -0.273. The van der Waals surface area contributed by atoms with E-state index in [1.165, 1.54) is 20.0 Å². The van der Waals surface area contributed by atoms with Crippen molar-refractivity contribution in [2.45, 2.75) is 51.1 Å². The number of hydrogen-bond donors (Lipinski definition) is 1. The van der Waals surface area contributed by atoms with E-state index in [2.05, 4.69) is 10.1 Å². The van der Waals surface area contributed by atoms with Gasteiger partial charge in [-0.1, -0.05) is 12.8 Å². The summed E-state index contributed by atoms with van der Waals surface area (Å²) in [7, 11) is 3.00. The molecular formula is C15H28N2O4. The summed E-state index contributed by atoms with van der Waals surface area (Å²) < 4.78 is 9.73. The molecule has 1 rings (SSSR count). The van der Waals surface area contributed by atoms with Gasteiger partial charge in [0, 0.05) is 26.2 Å². The fraction of sp³-hybridized carbons (Fsp3) is 0.867. The molecule has 1 aliphatic carbocycles. The van der Waals surface area contributed by atoms with Crippen LogP contribution in [-0.4, -0.2) is 62.8 Å². The Kier molecular flexibility index (Phi) is 8.30. The van der Waals surface area contributed by atoms with Gasteiger partial charge in [0.25, 0.3) is 0 Å². The second-order valence-corrected chi connectivity index (χ2v) is 5.52. The molecular weight excluding hydrogens is 272 g/mol. The lowest BCUT2D eigenvalue weighted by atomic mass is 10.2. The first-order valence-electron chi connectivity index (χ1n) is 7.68. The van der Waals surface area contributed by atoms with Crippen LogP contribution in [0.4, 0.5) is 0 Å². The molecule has 6 heteroatoms. The molecule has 1 amide bonds. The van der Waals surface area contributed by atoms with Gasteiger partial charge in [0.2, 0.25) is 5.91 Å². The molecule has 6 nitrogen and oxygen atoms in total. The number of amides is 1. The van der Waals surface area contributed by atoms with Gasteiger partial charge in [-0.3, -0.25) is 14.5 Å². The van der Waals surface area contributed by atoms with Crippen LogP contribution in [0, 0.1) is 0 Å². The van der Waals surface area contributed by atoms with E-state index in [0.717, 1.165) is 12.8 Å². The van der Waals surface area contributed by atoms with Crippen molar-refractivity contribution < 1.29 is 19.1 Å². The van der Waals surface area contributed by atoms with Crippen LogP contribution in [-0.2, 0) is 19.1 Å². The Labute approximate surface area is 127 Å². The molecule has 0 radical (unpaired) electrons. The number of rotatable bonds is 9. The second-order valence-electron chi connectivity index (χ2n) is 5.52. The van der Waals surface area contributed by atoms with Gasteiger partial charge in [-0.15, -0.1) is 0 Å². The summed E-state index contributed by atoms with van der Waals surface area (Å²) >= 11 is 0. The highest BCUT2D eigenvalue weighted by Gasteiger charge is 2.25. The van der Waals surface area contributed by atoms with Crippen molar-refractivity contribution in [3.8, 4) is 0 Å². The van der Waals surface area contributed by atoms with Crippen molar-refractivity contribution in [3.05, 3.63) is 0 Å². The maximum atomic E-state index is 12.3. The minimum absolute atomic E-state index is 0.0304. The standard InChI is InChI=1S/C15H28N2O4/c1-12(15(19)16-13-6-4-5-7-13)17(10-11-20-2)9-8-14(18)21-3/h12-13H,4-11H2,1-3H3,(H,16,19). The van der Waals surface area contributed by atoms with Gasteiger partial charge in [-0.25, -0.2) is 0 Å². The average molecular weight is 300 g/mol. The Morgan fingerprint density at radius 3 is 2.48 bits per heavy atom. The molecule has 0 saturated heterocycles. The van der Waals surface area contributed by atoms with Crippen LogP contribution in [0.3, 0.4) is 0 Å². The van der Waals surface area contributed by atoms with Crippen LogP contribution < -0.4 is 5.32 Å². The normalized spacial score (nSPS) is 17.0. The van der Waals surface area contributed by atoms with E-state index < -0.39 is 0 Å². The maximum Gasteiger partial charge on any atom is 0.306 e. The van der Waals surface area contributed by atoms with Crippen LogP contribution in [0.1, 0.15) is 39.0 Å². The molecule has 0 aromatic rings. The van der Waals surface area contributed by atoms with Crippen LogP contribution in [0.15, 0.2) is 0 Å². The number of hydrogen-bond acceptors (Lipinski definition) is 5. The number of nitrogens with one attached hydrogen (secondary N) is 1. The zero-order chi connectivity index (χ0) is 15.7. The lowest BCUT2D eigenvalue weighted by Gasteiger charge is -2.28. The molecule has 0 aromatic carbocycles. The highest BCUT2D eigenvalue weighted by atomic mass is 16.5. The topological polar surface area (TPSA) is 67.9 Å². The van der Waals surface area contributed by atoms with Crippen LogP contribution in [0.2, 0.25) is 0 Å². The molecule has 0 aliphatic heterocycles. The lowest BCUT2D eigenvalue weighted by Crippen LogP contribution is -2.49. The highest BCUT2D eigenvalue weighted by molar-refractivity contribution is 5.81. The van der Waals surface area contributed by atoms with E-state index >= 15 is 0 Å². The summed E-state index contributed by atoms with van der Waals surface area (Å²) in [5.41, 5.74) is 0. The zero-order valence-electron chi connectivity index (χ0n) is 13.4. The summed E-state index contributed by atoms with van der Waals surface area (Å²) in [6.45, 7) is 3.52. The number of ether oxygens (including phenoxy) is 2. The fourth-order valence-corrected chi connectivity index (χ4v) is 2.60. The van der Waals surface area contributed by atoms with Gasteiger partial charge < -0.3 is 14.8 Å². The van der Waals surface area contributed by atoms with Gasteiger partial charge >= 0.3 is 5.97 Å². The minimum Gasteiger partial charge on any atom is -0.469 e. The third-order valence-corrected chi connectivity index (χ3v) is 4.04. The molecule has 0 bridgehead atoms. The van der Waals surface area contributed by atoms with E-state index in [-0.39, 0.29) is 24.3 Å². The SMILES string of the molecule is COCCN(CCC(=O)OC)C(C)C(=O)NC1CCCC1. The smallest absolute Gasteiger partial charge is 0.306 e. The molecule has 0 heterocycles. The summed E-state index contributed by atoms with van der Waals surface area (Å²) in [6.07, 6.45) is 4.79. The van der Waals surface area contributed by atoms with Gasteiger partial charge in [-0.2, -0.15) is 0 Å². The number of methoxy groups -OCH3 is 2. The molecule has 1 saturated carbocycles. The predicted octanol–water partition coefficient (Wildman–Crippen LogP) is 0.945. The fourth-order valence-electron chi connectivity index (χ4n) is 2.60. The van der Waals surface area contributed by atoms with Gasteiger partial charge in [0.1, 0.15) is 0 Å². The molecule has 21 heavy (non-hydrogen) atoms. The summed E-state index contributed by atoms with van der Waals surface area (Å²) in [6, 6.07) is 0.0373. The van der Waals surface area contributed by atoms with Crippen molar-refractivity contribution in [2.75, 3.05) is 33.9 Å². The van der Waals surface area contributed by atoms with E-state index in [0.29, 0.717) is 25.7 Å². The third kappa shape index (κ3) is 6.44. The predicted molar refractivity (Wildman–Crippen MR) is 79.9 cm³/mol. The first-order valence-corrected chi connectivity index (χ1v) is 7.68. The van der Waals surface area contributed by atoms with E-state index in [1.807, 2.05) is 11.8 Å². The van der Waals surface area contributed by atoms with Crippen LogP contribution >= 0.6 is 0 Å². The van der Waals surface area contributed by atoms with Crippen molar-refractivity contribution in [3.63, 3.8) is 0 Å². The summed E-state index contributed by atoms with van der Waals surface area (Å²) in [5, 5.41) is 3.10. The van der Waals surface area contributed by atoms with Gasteiger partial charge in [0.05, 0.1) is 26.2 Å². The number of carbonyl (C=O) groups is 2. The Balaban J connectivity index is 2.48. The quantitative estimate of drug-likeness (QED) is 0.642. The van der Waals surface area contributed by atoms with Crippen LogP contribution in [0.25, 0.3) is 0 Å². The van der Waals surface area contributed by atoms with Crippen molar-refractivity contribution in [1.82, 2.24) is 10.2 Å². The molecule has 122 valence electrons. The molecule has 0 spiro atoms. The number of nitrogens with zero attached hydrogens (tertiary/aromatic N) is 1. The van der Waals surface area contributed by atoms with Gasteiger partial charge in [-0.05, 0) is 19.8 Å². The molecule has 1 aliphatic rings. The summed E-state index contributed by atoms with van der Waals surface area (Å²) in [4.78, 5) is 25.6. The average Bonchev–Trinajstić information content (AvgIpc) is 2.99. The van der Waals surface area contributed by atoms with Crippen LogP contribution in [0.5, 0.6) is 0 Å². The third-order valence-electron chi connectivity index (χ3n) is 4.04. The monoisotopic (exact) mass is 300 g/mol. The maximum absolute atomic E-state index is 12.3. The Bertz CT molecular complexity index is 330. The van der Waals surface area contributed by atoms with E-state index in [1.54, 1.807) is 7.11 Å². The molecule has 1 unspecified atom stereocenters. The Hall–Kier alpha value is -1.14. The Morgan fingerprint density at radius 1 is 1.24 bits per heavy atom. The first kappa shape index (κ1) is 17.9. The van der Waals surface area contributed by atoms with E-state index in [4.69, 9.17) is 4.74 Å². The summed E-state index contributed by atoms with van der Waals surface area (Å²) in [5.74, 6) is -0.233. The first-order chi connectivity index (χ1) is 10.1. The zero-order valence-corrected chi connectivity index (χ0v) is 13.4. The molecule has 0 aromatic heterocycles. The van der Waals surface area contributed by atoms with Crippen molar-refractivity contribution in [2.24, 2.45) is 0 Å². The Morgan fingerprint density at radius 2 is 1.90 bits per heavy atom. The second kappa shape index (κ2) is 9.73. The molecule has 1 fully saturated rings. The van der Waals surface area contributed by atoms with Crippen molar-refractivity contribution in [1.29, 1.82) is 0 Å². The highest BCUT2D eigenvalue weighted by Crippen LogP contribution is 2.18. The molecule has 1 atom stereocenters. The van der Waals surface area contributed by atoms with Gasteiger partial charge in [0.15, 0.2) is 0 Å². The number of esters is 1.